The molecule has 0 spiro atoms. The number of para-hydroxylation sites is 2. The van der Waals surface area contributed by atoms with E-state index in [1.807, 2.05) is 30.4 Å². The van der Waals surface area contributed by atoms with Crippen molar-refractivity contribution in [1.82, 2.24) is 10.6 Å². The molecular formula is C19H27N3O3. The predicted octanol–water partition coefficient (Wildman–Crippen LogP) is 1.76. The van der Waals surface area contributed by atoms with Crippen molar-refractivity contribution >= 4 is 11.7 Å². The number of aliphatic hydroxyl groups excluding tert-OH is 1. The minimum Gasteiger partial charge on any atom is -0.495 e. The Morgan fingerprint density at radius 3 is 2.96 bits per heavy atom. The van der Waals surface area contributed by atoms with Gasteiger partial charge >= 0.3 is 6.03 Å². The van der Waals surface area contributed by atoms with Crippen LogP contribution < -0.4 is 20.3 Å². The van der Waals surface area contributed by atoms with E-state index < -0.39 is 0 Å². The first kappa shape index (κ1) is 17.6. The zero-order valence-corrected chi connectivity index (χ0v) is 14.6. The van der Waals surface area contributed by atoms with Gasteiger partial charge in [0.1, 0.15) is 5.75 Å². The van der Waals surface area contributed by atoms with Gasteiger partial charge in [0, 0.05) is 38.2 Å². The lowest BCUT2D eigenvalue weighted by atomic mass is 10.1. The van der Waals surface area contributed by atoms with E-state index >= 15 is 0 Å². The Balaban J connectivity index is 1.43. The zero-order chi connectivity index (χ0) is 17.6. The maximum Gasteiger partial charge on any atom is 0.315 e. The molecule has 1 heterocycles. The third-order valence-corrected chi connectivity index (χ3v) is 4.99. The van der Waals surface area contributed by atoms with E-state index in [4.69, 9.17) is 9.84 Å². The number of aliphatic hydroxyl groups is 1. The SMILES string of the molecule is COc1ccccc1N1CCC(CNC(=O)N[C@@H]2C=C[C@H](CO)C2)C1. The van der Waals surface area contributed by atoms with Gasteiger partial charge in [0.15, 0.2) is 0 Å². The number of urea groups is 1. The highest BCUT2D eigenvalue weighted by atomic mass is 16.5. The molecule has 0 aromatic heterocycles. The molecule has 1 fully saturated rings. The second-order valence-corrected chi connectivity index (χ2v) is 6.80. The lowest BCUT2D eigenvalue weighted by Crippen LogP contribution is -2.43. The van der Waals surface area contributed by atoms with Crippen LogP contribution in [0.15, 0.2) is 36.4 Å². The van der Waals surface area contributed by atoms with Gasteiger partial charge in [-0.15, -0.1) is 0 Å². The van der Waals surface area contributed by atoms with Gasteiger partial charge in [0.05, 0.1) is 12.8 Å². The molecule has 1 aromatic carbocycles. The monoisotopic (exact) mass is 345 g/mol. The summed E-state index contributed by atoms with van der Waals surface area (Å²) in [6.07, 6.45) is 5.75. The third kappa shape index (κ3) is 4.45. The molecule has 3 rings (SSSR count). The number of rotatable bonds is 6. The highest BCUT2D eigenvalue weighted by Gasteiger charge is 2.25. The molecular weight excluding hydrogens is 318 g/mol. The fourth-order valence-corrected chi connectivity index (χ4v) is 3.58. The average Bonchev–Trinajstić information content (AvgIpc) is 3.29. The van der Waals surface area contributed by atoms with Gasteiger partial charge in [-0.1, -0.05) is 24.3 Å². The first-order chi connectivity index (χ1) is 12.2. The molecule has 0 radical (unpaired) electrons. The molecule has 1 unspecified atom stereocenters. The zero-order valence-electron chi connectivity index (χ0n) is 14.6. The van der Waals surface area contributed by atoms with Crippen LogP contribution in [0.25, 0.3) is 0 Å². The number of amides is 2. The Hall–Kier alpha value is -2.21. The van der Waals surface area contributed by atoms with Gasteiger partial charge in [0.25, 0.3) is 0 Å². The fourth-order valence-electron chi connectivity index (χ4n) is 3.58. The Morgan fingerprint density at radius 1 is 1.36 bits per heavy atom. The van der Waals surface area contributed by atoms with Gasteiger partial charge < -0.3 is 25.4 Å². The van der Waals surface area contributed by atoms with Crippen LogP contribution in [0.4, 0.5) is 10.5 Å². The Morgan fingerprint density at radius 2 is 2.20 bits per heavy atom. The smallest absolute Gasteiger partial charge is 0.315 e. The maximum absolute atomic E-state index is 12.1. The summed E-state index contributed by atoms with van der Waals surface area (Å²) in [7, 11) is 1.69. The van der Waals surface area contributed by atoms with E-state index in [1.54, 1.807) is 7.11 Å². The van der Waals surface area contributed by atoms with Crippen molar-refractivity contribution in [2.75, 3.05) is 38.3 Å². The molecule has 0 saturated carbocycles. The van der Waals surface area contributed by atoms with E-state index in [0.717, 1.165) is 37.4 Å². The quantitative estimate of drug-likeness (QED) is 0.687. The van der Waals surface area contributed by atoms with E-state index in [9.17, 15) is 4.79 Å². The number of hydrogen-bond donors (Lipinski definition) is 3. The van der Waals surface area contributed by atoms with Crippen LogP contribution in [-0.2, 0) is 0 Å². The molecule has 3 atom stereocenters. The van der Waals surface area contributed by atoms with Crippen LogP contribution in [0.2, 0.25) is 0 Å². The largest absolute Gasteiger partial charge is 0.495 e. The minimum absolute atomic E-state index is 0.0193. The van der Waals surface area contributed by atoms with Gasteiger partial charge in [-0.25, -0.2) is 4.79 Å². The fraction of sp³-hybridized carbons (Fsp3) is 0.526. The van der Waals surface area contributed by atoms with Gasteiger partial charge in [-0.2, -0.15) is 0 Å². The van der Waals surface area contributed by atoms with Crippen molar-refractivity contribution in [1.29, 1.82) is 0 Å². The predicted molar refractivity (Wildman–Crippen MR) is 98.0 cm³/mol. The summed E-state index contributed by atoms with van der Waals surface area (Å²) >= 11 is 0. The molecule has 6 nitrogen and oxygen atoms in total. The molecule has 0 bridgehead atoms. The lowest BCUT2D eigenvalue weighted by molar-refractivity contribution is 0.230. The molecule has 1 saturated heterocycles. The van der Waals surface area contributed by atoms with E-state index in [1.165, 1.54) is 0 Å². The lowest BCUT2D eigenvalue weighted by Gasteiger charge is -2.21. The molecule has 2 amide bonds. The van der Waals surface area contributed by atoms with Crippen LogP contribution >= 0.6 is 0 Å². The standard InChI is InChI=1S/C19H27N3O3/c1-25-18-5-3-2-4-17(18)22-9-8-15(12-22)11-20-19(24)21-16-7-6-14(10-16)13-23/h2-7,14-16,23H,8-13H2,1H3,(H2,20,21,24)/t14-,15?,16+/m0/s1. The number of benzene rings is 1. The molecule has 2 aliphatic rings. The molecule has 1 aromatic rings. The first-order valence-corrected chi connectivity index (χ1v) is 8.91. The third-order valence-electron chi connectivity index (χ3n) is 4.99. The summed E-state index contributed by atoms with van der Waals surface area (Å²) in [5, 5.41) is 15.1. The number of ether oxygens (including phenoxy) is 1. The number of methoxy groups -OCH3 is 1. The first-order valence-electron chi connectivity index (χ1n) is 8.91. The second kappa shape index (κ2) is 8.25. The summed E-state index contributed by atoms with van der Waals surface area (Å²) in [5.41, 5.74) is 1.11. The van der Waals surface area contributed by atoms with Crippen LogP contribution in [0.3, 0.4) is 0 Å². The normalized spacial score (nSPS) is 25.2. The Kier molecular flexibility index (Phi) is 5.81. The molecule has 6 heteroatoms. The second-order valence-electron chi connectivity index (χ2n) is 6.80. The van der Waals surface area contributed by atoms with Gasteiger partial charge in [0.2, 0.25) is 0 Å². The highest BCUT2D eigenvalue weighted by molar-refractivity contribution is 5.74. The summed E-state index contributed by atoms with van der Waals surface area (Å²) < 4.78 is 5.44. The molecule has 1 aliphatic heterocycles. The summed E-state index contributed by atoms with van der Waals surface area (Å²) in [6, 6.07) is 7.93. The Labute approximate surface area is 148 Å². The minimum atomic E-state index is -0.135. The average molecular weight is 345 g/mol. The van der Waals surface area contributed by atoms with E-state index in [2.05, 4.69) is 21.6 Å². The number of nitrogens with zero attached hydrogens (tertiary/aromatic N) is 1. The summed E-state index contributed by atoms with van der Waals surface area (Å²) in [5.74, 6) is 1.48. The summed E-state index contributed by atoms with van der Waals surface area (Å²) in [6.45, 7) is 2.68. The molecule has 1 aliphatic carbocycles. The number of anilines is 1. The van der Waals surface area contributed by atoms with Crippen molar-refractivity contribution in [2.45, 2.75) is 18.9 Å². The van der Waals surface area contributed by atoms with Crippen molar-refractivity contribution in [2.24, 2.45) is 11.8 Å². The van der Waals surface area contributed by atoms with Crippen LogP contribution in [-0.4, -0.2) is 50.5 Å². The number of nitrogens with one attached hydrogen (secondary N) is 2. The molecule has 3 N–H and O–H groups in total. The number of carbonyl (C=O) groups is 1. The van der Waals surface area contributed by atoms with Gasteiger partial charge in [-0.3, -0.25) is 0 Å². The van der Waals surface area contributed by atoms with Crippen molar-refractivity contribution in [3.05, 3.63) is 36.4 Å². The number of carbonyl (C=O) groups excluding carboxylic acids is 1. The Bertz CT molecular complexity index is 620. The molecule has 136 valence electrons. The highest BCUT2D eigenvalue weighted by Crippen LogP contribution is 2.31. The van der Waals surface area contributed by atoms with Crippen molar-refractivity contribution < 1.29 is 14.6 Å². The summed E-state index contributed by atoms with van der Waals surface area (Å²) in [4.78, 5) is 14.4. The van der Waals surface area contributed by atoms with E-state index in [-0.39, 0.29) is 24.6 Å². The van der Waals surface area contributed by atoms with Crippen LogP contribution in [0.1, 0.15) is 12.8 Å². The topological polar surface area (TPSA) is 73.8 Å². The van der Waals surface area contributed by atoms with E-state index in [0.29, 0.717) is 12.5 Å². The molecule has 25 heavy (non-hydrogen) atoms. The van der Waals surface area contributed by atoms with Crippen molar-refractivity contribution in [3.8, 4) is 5.75 Å². The van der Waals surface area contributed by atoms with Crippen molar-refractivity contribution in [3.63, 3.8) is 0 Å². The van der Waals surface area contributed by atoms with Crippen LogP contribution in [0, 0.1) is 11.8 Å². The number of hydrogen-bond acceptors (Lipinski definition) is 4. The van der Waals surface area contributed by atoms with Crippen LogP contribution in [0.5, 0.6) is 5.75 Å². The maximum atomic E-state index is 12.1. The van der Waals surface area contributed by atoms with Gasteiger partial charge in [-0.05, 0) is 30.9 Å².